The van der Waals surface area contributed by atoms with E-state index in [9.17, 15) is 0 Å². The van der Waals surface area contributed by atoms with Gasteiger partial charge in [0.2, 0.25) is 0 Å². The van der Waals surface area contributed by atoms with E-state index in [1.807, 2.05) is 0 Å². The second-order valence-electron chi connectivity index (χ2n) is 4.50. The van der Waals surface area contributed by atoms with Crippen LogP contribution in [0, 0.1) is 11.8 Å². The van der Waals surface area contributed by atoms with Crippen molar-refractivity contribution in [3.8, 4) is 0 Å². The predicted molar refractivity (Wildman–Crippen MR) is 47.5 cm³/mol. The Bertz CT molecular complexity index is 130. The summed E-state index contributed by atoms with van der Waals surface area (Å²) < 4.78 is 0. The third-order valence-corrected chi connectivity index (χ3v) is 3.48. The van der Waals surface area contributed by atoms with Gasteiger partial charge in [0.1, 0.15) is 0 Å². The summed E-state index contributed by atoms with van der Waals surface area (Å²) in [6.07, 6.45) is 4.52. The van der Waals surface area contributed by atoms with Gasteiger partial charge in [0, 0.05) is 19.1 Å². The first-order valence-corrected chi connectivity index (χ1v) is 5.01. The maximum absolute atomic E-state index is 2.65. The largest absolute Gasteiger partial charge is 0.300 e. The maximum Gasteiger partial charge on any atom is 0.00388 e. The van der Waals surface area contributed by atoms with Crippen LogP contribution in [-0.4, -0.2) is 24.0 Å². The zero-order valence-corrected chi connectivity index (χ0v) is 7.71. The molecule has 0 amide bonds. The summed E-state index contributed by atoms with van der Waals surface area (Å²) in [5, 5.41) is 0. The van der Waals surface area contributed by atoms with Crippen molar-refractivity contribution in [2.45, 2.75) is 39.2 Å². The Labute approximate surface area is 69.8 Å². The lowest BCUT2D eigenvalue weighted by molar-refractivity contribution is 0.254. The molecule has 2 rings (SSSR count). The first-order chi connectivity index (χ1) is 5.27. The van der Waals surface area contributed by atoms with Crippen LogP contribution in [0.15, 0.2) is 0 Å². The van der Waals surface area contributed by atoms with E-state index in [2.05, 4.69) is 18.7 Å². The lowest BCUT2D eigenvalue weighted by Crippen LogP contribution is -2.28. The molecule has 2 atom stereocenters. The van der Waals surface area contributed by atoms with E-state index in [1.54, 1.807) is 0 Å². The Hall–Kier alpha value is -0.0400. The first-order valence-electron chi connectivity index (χ1n) is 5.01. The van der Waals surface area contributed by atoms with Crippen molar-refractivity contribution in [1.82, 2.24) is 4.90 Å². The number of fused-ring (bicyclic) bond motifs is 1. The predicted octanol–water partition coefficient (Wildman–Crippen LogP) is 2.13. The lowest BCUT2D eigenvalue weighted by atomic mass is 10.0. The third-order valence-electron chi connectivity index (χ3n) is 3.48. The Morgan fingerprint density at radius 1 is 1.09 bits per heavy atom. The summed E-state index contributed by atoms with van der Waals surface area (Å²) >= 11 is 0. The highest BCUT2D eigenvalue weighted by Crippen LogP contribution is 2.38. The molecule has 0 N–H and O–H groups in total. The molecule has 0 radical (unpaired) electrons. The zero-order chi connectivity index (χ0) is 7.84. The molecule has 64 valence electrons. The zero-order valence-electron chi connectivity index (χ0n) is 7.71. The molecule has 0 spiro atoms. The summed E-state index contributed by atoms with van der Waals surface area (Å²) in [5.74, 6) is 2.13. The van der Waals surface area contributed by atoms with Crippen molar-refractivity contribution in [1.29, 1.82) is 0 Å². The molecule has 2 aliphatic rings. The van der Waals surface area contributed by atoms with Crippen molar-refractivity contribution in [2.75, 3.05) is 13.1 Å². The highest BCUT2D eigenvalue weighted by atomic mass is 15.2. The van der Waals surface area contributed by atoms with E-state index in [1.165, 1.54) is 32.4 Å². The van der Waals surface area contributed by atoms with E-state index in [0.29, 0.717) is 0 Å². The second-order valence-corrected chi connectivity index (χ2v) is 4.50. The Kier molecular flexibility index (Phi) is 1.92. The van der Waals surface area contributed by atoms with Crippen molar-refractivity contribution in [3.63, 3.8) is 0 Å². The van der Waals surface area contributed by atoms with Crippen molar-refractivity contribution in [3.05, 3.63) is 0 Å². The average molecular weight is 153 g/mol. The SMILES string of the molecule is CC(C)N1C[C@H]2CCC[C@H]2C1. The van der Waals surface area contributed by atoms with Gasteiger partial charge in [-0.15, -0.1) is 0 Å². The molecule has 1 aliphatic heterocycles. The number of likely N-dealkylation sites (tertiary alicyclic amines) is 1. The Morgan fingerprint density at radius 3 is 2.09 bits per heavy atom. The molecule has 1 saturated carbocycles. The summed E-state index contributed by atoms with van der Waals surface area (Å²) in [5.41, 5.74) is 0. The van der Waals surface area contributed by atoms with Gasteiger partial charge in [0.15, 0.2) is 0 Å². The quantitative estimate of drug-likeness (QED) is 0.558. The van der Waals surface area contributed by atoms with Crippen LogP contribution in [0.3, 0.4) is 0 Å². The monoisotopic (exact) mass is 153 g/mol. The molecule has 11 heavy (non-hydrogen) atoms. The molecule has 0 bridgehead atoms. The molecular weight excluding hydrogens is 134 g/mol. The van der Waals surface area contributed by atoms with Crippen molar-refractivity contribution < 1.29 is 0 Å². The standard InChI is InChI=1S/C10H19N/c1-8(2)11-6-9-4-3-5-10(9)7-11/h8-10H,3-7H2,1-2H3/t9-,10+. The lowest BCUT2D eigenvalue weighted by Gasteiger charge is -2.20. The minimum absolute atomic E-state index is 0.778. The topological polar surface area (TPSA) is 3.24 Å². The van der Waals surface area contributed by atoms with Gasteiger partial charge in [-0.25, -0.2) is 0 Å². The summed E-state index contributed by atoms with van der Waals surface area (Å²) in [7, 11) is 0. The van der Waals surface area contributed by atoms with Crippen LogP contribution in [0.4, 0.5) is 0 Å². The fraction of sp³-hybridized carbons (Fsp3) is 1.00. The highest BCUT2D eigenvalue weighted by molar-refractivity contribution is 4.89. The van der Waals surface area contributed by atoms with Crippen LogP contribution in [-0.2, 0) is 0 Å². The number of hydrogen-bond donors (Lipinski definition) is 0. The van der Waals surface area contributed by atoms with Gasteiger partial charge in [-0.2, -0.15) is 0 Å². The van der Waals surface area contributed by atoms with Crippen LogP contribution in [0.25, 0.3) is 0 Å². The molecule has 1 heteroatoms. The van der Waals surface area contributed by atoms with Gasteiger partial charge in [0.25, 0.3) is 0 Å². The van der Waals surface area contributed by atoms with E-state index in [-0.39, 0.29) is 0 Å². The minimum atomic E-state index is 0.778. The molecule has 0 aromatic rings. The van der Waals surface area contributed by atoms with Gasteiger partial charge >= 0.3 is 0 Å². The van der Waals surface area contributed by atoms with Gasteiger partial charge in [-0.1, -0.05) is 6.42 Å². The van der Waals surface area contributed by atoms with Crippen LogP contribution in [0.1, 0.15) is 33.1 Å². The third kappa shape index (κ3) is 1.31. The second kappa shape index (κ2) is 2.78. The van der Waals surface area contributed by atoms with E-state index in [0.717, 1.165) is 17.9 Å². The van der Waals surface area contributed by atoms with Crippen molar-refractivity contribution >= 4 is 0 Å². The van der Waals surface area contributed by atoms with E-state index in [4.69, 9.17) is 0 Å². The van der Waals surface area contributed by atoms with Crippen LogP contribution in [0.5, 0.6) is 0 Å². The minimum Gasteiger partial charge on any atom is -0.300 e. The molecular formula is C10H19N. The van der Waals surface area contributed by atoms with Gasteiger partial charge in [-0.3, -0.25) is 0 Å². The molecule has 1 saturated heterocycles. The maximum atomic E-state index is 2.65. The summed E-state index contributed by atoms with van der Waals surface area (Å²) in [6, 6.07) is 0.778. The number of rotatable bonds is 1. The molecule has 1 heterocycles. The average Bonchev–Trinajstić information content (AvgIpc) is 2.40. The Balaban J connectivity index is 1.94. The number of hydrogen-bond acceptors (Lipinski definition) is 1. The molecule has 1 nitrogen and oxygen atoms in total. The molecule has 1 aliphatic carbocycles. The summed E-state index contributed by atoms with van der Waals surface area (Å²) in [6.45, 7) is 7.42. The molecule has 0 aromatic heterocycles. The van der Waals surface area contributed by atoms with Crippen molar-refractivity contribution in [2.24, 2.45) is 11.8 Å². The fourth-order valence-electron chi connectivity index (χ4n) is 2.69. The normalized spacial score (nSPS) is 38.5. The van der Waals surface area contributed by atoms with Crippen LogP contribution < -0.4 is 0 Å². The smallest absolute Gasteiger partial charge is 0.00388 e. The molecule has 0 aromatic carbocycles. The van der Waals surface area contributed by atoms with E-state index >= 15 is 0 Å². The van der Waals surface area contributed by atoms with E-state index < -0.39 is 0 Å². The summed E-state index contributed by atoms with van der Waals surface area (Å²) in [4.78, 5) is 2.65. The molecule has 2 fully saturated rings. The Morgan fingerprint density at radius 2 is 1.64 bits per heavy atom. The molecule has 0 unspecified atom stereocenters. The fourth-order valence-corrected chi connectivity index (χ4v) is 2.69. The van der Waals surface area contributed by atoms with Crippen LogP contribution in [0.2, 0.25) is 0 Å². The number of nitrogens with zero attached hydrogens (tertiary/aromatic N) is 1. The van der Waals surface area contributed by atoms with Gasteiger partial charge < -0.3 is 4.90 Å². The van der Waals surface area contributed by atoms with Crippen LogP contribution >= 0.6 is 0 Å². The first kappa shape index (κ1) is 7.60. The van der Waals surface area contributed by atoms with Gasteiger partial charge in [0.05, 0.1) is 0 Å². The highest BCUT2D eigenvalue weighted by Gasteiger charge is 2.36. The van der Waals surface area contributed by atoms with Gasteiger partial charge in [-0.05, 0) is 38.5 Å².